The smallest absolute Gasteiger partial charge is 0.323 e. The van der Waals surface area contributed by atoms with Crippen LogP contribution in [0.15, 0.2) is 0 Å². The van der Waals surface area contributed by atoms with Gasteiger partial charge in [0.2, 0.25) is 5.91 Å². The summed E-state index contributed by atoms with van der Waals surface area (Å²) in [6.45, 7) is 0.612. The average molecular weight is 172 g/mol. The van der Waals surface area contributed by atoms with Crippen LogP contribution in [0.1, 0.15) is 6.42 Å². The number of esters is 1. The Labute approximate surface area is 70.5 Å². The van der Waals surface area contributed by atoms with Crippen LogP contribution in [0.4, 0.5) is 0 Å². The third kappa shape index (κ3) is 2.20. The first-order valence-electron chi connectivity index (χ1n) is 3.84. The number of cyclic esters (lactones) is 1. The molecule has 0 bridgehead atoms. The number of carbonyl (C=O) groups excluding carboxylic acids is 2. The summed E-state index contributed by atoms with van der Waals surface area (Å²) < 4.78 is 4.70. The quantitative estimate of drug-likeness (QED) is 0.516. The van der Waals surface area contributed by atoms with Gasteiger partial charge in [-0.15, -0.1) is 0 Å². The molecule has 0 saturated carbocycles. The fraction of sp³-hybridized carbons (Fsp3) is 0.714. The molecule has 0 unspecified atom stereocenters. The Morgan fingerprint density at radius 1 is 1.75 bits per heavy atom. The molecular formula is C7H12N2O3. The molecule has 1 saturated heterocycles. The van der Waals surface area contributed by atoms with Crippen molar-refractivity contribution in [2.75, 3.05) is 20.2 Å². The van der Waals surface area contributed by atoms with Gasteiger partial charge in [-0.1, -0.05) is 0 Å². The lowest BCUT2D eigenvalue weighted by molar-refractivity contribution is -0.139. The maximum Gasteiger partial charge on any atom is 0.323 e. The zero-order valence-corrected chi connectivity index (χ0v) is 6.92. The fourth-order valence-electron chi connectivity index (χ4n) is 0.985. The molecule has 0 aromatic carbocycles. The highest BCUT2D eigenvalue weighted by molar-refractivity contribution is 5.81. The second-order valence-electron chi connectivity index (χ2n) is 2.56. The summed E-state index contributed by atoms with van der Waals surface area (Å²) in [6, 6.07) is -0.303. The van der Waals surface area contributed by atoms with Crippen molar-refractivity contribution in [2.45, 2.75) is 12.5 Å². The van der Waals surface area contributed by atoms with Crippen molar-refractivity contribution in [2.24, 2.45) is 0 Å². The standard InChI is InChI=1S/C7H12N2O3/c1-8-6(10)4-9-5-2-3-12-7(5)11/h5,9H,2-4H2,1H3,(H,8,10)/t5-/m0/s1. The Morgan fingerprint density at radius 2 is 2.50 bits per heavy atom. The topological polar surface area (TPSA) is 67.4 Å². The Balaban J connectivity index is 2.22. The van der Waals surface area contributed by atoms with Crippen molar-refractivity contribution in [1.29, 1.82) is 0 Å². The van der Waals surface area contributed by atoms with E-state index in [0.29, 0.717) is 13.0 Å². The second kappa shape index (κ2) is 4.06. The summed E-state index contributed by atoms with van der Waals surface area (Å²) >= 11 is 0. The Hall–Kier alpha value is -1.10. The van der Waals surface area contributed by atoms with Gasteiger partial charge in [-0.25, -0.2) is 0 Å². The van der Waals surface area contributed by atoms with E-state index in [4.69, 9.17) is 4.74 Å². The summed E-state index contributed by atoms with van der Waals surface area (Å²) in [7, 11) is 1.55. The molecule has 1 atom stereocenters. The van der Waals surface area contributed by atoms with Gasteiger partial charge in [-0.2, -0.15) is 0 Å². The van der Waals surface area contributed by atoms with Crippen LogP contribution in [-0.4, -0.2) is 38.1 Å². The molecule has 2 N–H and O–H groups in total. The average Bonchev–Trinajstić information content (AvgIpc) is 2.47. The molecule has 0 spiro atoms. The molecule has 12 heavy (non-hydrogen) atoms. The maximum atomic E-state index is 10.9. The number of carbonyl (C=O) groups is 2. The predicted molar refractivity (Wildman–Crippen MR) is 41.4 cm³/mol. The lowest BCUT2D eigenvalue weighted by Gasteiger charge is -2.06. The molecule has 1 aliphatic heterocycles. The van der Waals surface area contributed by atoms with Crippen LogP contribution in [0.2, 0.25) is 0 Å². The molecular weight excluding hydrogens is 160 g/mol. The van der Waals surface area contributed by atoms with Crippen molar-refractivity contribution in [3.63, 3.8) is 0 Å². The van der Waals surface area contributed by atoms with Crippen molar-refractivity contribution >= 4 is 11.9 Å². The van der Waals surface area contributed by atoms with Crippen molar-refractivity contribution in [3.8, 4) is 0 Å². The Morgan fingerprint density at radius 3 is 3.00 bits per heavy atom. The molecule has 0 aliphatic carbocycles. The third-order valence-electron chi connectivity index (χ3n) is 1.72. The van der Waals surface area contributed by atoms with Gasteiger partial charge >= 0.3 is 5.97 Å². The number of rotatable bonds is 3. The summed E-state index contributed by atoms with van der Waals surface area (Å²) in [5, 5.41) is 5.25. The van der Waals surface area contributed by atoms with E-state index in [1.807, 2.05) is 0 Å². The normalized spacial score (nSPS) is 22.1. The molecule has 1 aliphatic rings. The van der Waals surface area contributed by atoms with Crippen molar-refractivity contribution in [3.05, 3.63) is 0 Å². The maximum absolute atomic E-state index is 10.9. The molecule has 1 amide bonds. The van der Waals surface area contributed by atoms with E-state index in [9.17, 15) is 9.59 Å². The first-order valence-corrected chi connectivity index (χ1v) is 3.84. The lowest BCUT2D eigenvalue weighted by atomic mass is 10.2. The lowest BCUT2D eigenvalue weighted by Crippen LogP contribution is -2.40. The Kier molecular flexibility index (Phi) is 3.04. The number of ether oxygens (including phenoxy) is 1. The molecule has 1 fully saturated rings. The minimum Gasteiger partial charge on any atom is -0.464 e. The summed E-state index contributed by atoms with van der Waals surface area (Å²) in [6.07, 6.45) is 0.649. The zero-order valence-electron chi connectivity index (χ0n) is 6.92. The van der Waals surface area contributed by atoms with Gasteiger partial charge in [-0.05, 0) is 0 Å². The van der Waals surface area contributed by atoms with E-state index in [1.54, 1.807) is 7.05 Å². The van der Waals surface area contributed by atoms with Gasteiger partial charge in [-0.3, -0.25) is 14.9 Å². The van der Waals surface area contributed by atoms with Gasteiger partial charge in [0.1, 0.15) is 6.04 Å². The first kappa shape index (κ1) is 8.99. The summed E-state index contributed by atoms with van der Waals surface area (Å²) in [4.78, 5) is 21.6. The number of amides is 1. The molecule has 1 heterocycles. The highest BCUT2D eigenvalue weighted by atomic mass is 16.5. The van der Waals surface area contributed by atoms with E-state index in [0.717, 1.165) is 0 Å². The number of hydrogen-bond donors (Lipinski definition) is 2. The van der Waals surface area contributed by atoms with E-state index in [1.165, 1.54) is 0 Å². The highest BCUT2D eigenvalue weighted by Gasteiger charge is 2.25. The number of nitrogens with one attached hydrogen (secondary N) is 2. The van der Waals surface area contributed by atoms with Crippen LogP contribution >= 0.6 is 0 Å². The third-order valence-corrected chi connectivity index (χ3v) is 1.72. The van der Waals surface area contributed by atoms with Crippen LogP contribution in [0, 0.1) is 0 Å². The molecule has 0 aromatic rings. The van der Waals surface area contributed by atoms with E-state index < -0.39 is 0 Å². The molecule has 0 radical (unpaired) electrons. The van der Waals surface area contributed by atoms with Crippen LogP contribution in [-0.2, 0) is 14.3 Å². The monoisotopic (exact) mass is 172 g/mol. The highest BCUT2D eigenvalue weighted by Crippen LogP contribution is 2.04. The molecule has 1 rings (SSSR count). The molecule has 0 aromatic heterocycles. The Bertz CT molecular complexity index is 193. The number of likely N-dealkylation sites (N-methyl/N-ethyl adjacent to an activating group) is 1. The van der Waals surface area contributed by atoms with Crippen LogP contribution in [0.25, 0.3) is 0 Å². The van der Waals surface area contributed by atoms with Crippen molar-refractivity contribution in [1.82, 2.24) is 10.6 Å². The van der Waals surface area contributed by atoms with Gasteiger partial charge in [0.15, 0.2) is 0 Å². The van der Waals surface area contributed by atoms with E-state index in [2.05, 4.69) is 10.6 Å². The van der Waals surface area contributed by atoms with Crippen molar-refractivity contribution < 1.29 is 14.3 Å². The largest absolute Gasteiger partial charge is 0.464 e. The van der Waals surface area contributed by atoms with Crippen LogP contribution in [0.5, 0.6) is 0 Å². The minimum atomic E-state index is -0.303. The van der Waals surface area contributed by atoms with Crippen LogP contribution < -0.4 is 10.6 Å². The van der Waals surface area contributed by atoms with Crippen LogP contribution in [0.3, 0.4) is 0 Å². The fourth-order valence-corrected chi connectivity index (χ4v) is 0.985. The zero-order chi connectivity index (χ0) is 8.97. The minimum absolute atomic E-state index is 0.130. The van der Waals surface area contributed by atoms with E-state index >= 15 is 0 Å². The summed E-state index contributed by atoms with van der Waals surface area (Å²) in [5.74, 6) is -0.395. The molecule has 5 nitrogen and oxygen atoms in total. The second-order valence-corrected chi connectivity index (χ2v) is 2.56. The SMILES string of the molecule is CNC(=O)CN[C@H]1CCOC1=O. The molecule has 68 valence electrons. The number of hydrogen-bond acceptors (Lipinski definition) is 4. The summed E-state index contributed by atoms with van der Waals surface area (Å²) in [5.41, 5.74) is 0. The van der Waals surface area contributed by atoms with Gasteiger partial charge < -0.3 is 10.1 Å². The van der Waals surface area contributed by atoms with Gasteiger partial charge in [0, 0.05) is 13.5 Å². The molecule has 5 heteroatoms. The van der Waals surface area contributed by atoms with Gasteiger partial charge in [0.25, 0.3) is 0 Å². The van der Waals surface area contributed by atoms with Gasteiger partial charge in [0.05, 0.1) is 13.2 Å². The first-order chi connectivity index (χ1) is 5.74. The predicted octanol–water partition coefficient (Wildman–Crippen LogP) is -1.36. The van der Waals surface area contributed by atoms with E-state index in [-0.39, 0.29) is 24.5 Å².